The van der Waals surface area contributed by atoms with Crippen LogP contribution in [-0.2, 0) is 6.61 Å². The van der Waals surface area contributed by atoms with Crippen molar-refractivity contribution in [2.75, 3.05) is 0 Å². The number of hydrogen-bond donors (Lipinski definition) is 1. The average molecular weight is 237 g/mol. The van der Waals surface area contributed by atoms with Crippen LogP contribution in [-0.4, -0.2) is 10.1 Å². The van der Waals surface area contributed by atoms with E-state index in [0.29, 0.717) is 0 Å². The van der Waals surface area contributed by atoms with Crippen LogP contribution in [0.2, 0.25) is 0 Å². The molecule has 0 unspecified atom stereocenters. The predicted molar refractivity (Wildman–Crippen MR) is 56.6 cm³/mol. The van der Waals surface area contributed by atoms with Crippen LogP contribution in [0.5, 0.6) is 11.6 Å². The van der Waals surface area contributed by atoms with Crippen molar-refractivity contribution in [1.29, 1.82) is 0 Å². The second-order valence-electron chi connectivity index (χ2n) is 3.31. The summed E-state index contributed by atoms with van der Waals surface area (Å²) in [6.45, 7) is -0.436. The van der Waals surface area contributed by atoms with Crippen LogP contribution < -0.4 is 4.74 Å². The van der Waals surface area contributed by atoms with Crippen LogP contribution in [0.4, 0.5) is 8.78 Å². The van der Waals surface area contributed by atoms with Crippen LogP contribution >= 0.6 is 0 Å². The molecular weight excluding hydrogens is 228 g/mol. The summed E-state index contributed by atoms with van der Waals surface area (Å²) in [5.41, 5.74) is 0.160. The third-order valence-corrected chi connectivity index (χ3v) is 2.11. The van der Waals surface area contributed by atoms with E-state index in [-0.39, 0.29) is 17.2 Å². The average Bonchev–Trinajstić information content (AvgIpc) is 2.34. The third kappa shape index (κ3) is 2.57. The van der Waals surface area contributed by atoms with E-state index in [9.17, 15) is 8.78 Å². The molecule has 0 bridgehead atoms. The monoisotopic (exact) mass is 237 g/mol. The summed E-state index contributed by atoms with van der Waals surface area (Å²) in [6.07, 6.45) is 0.940. The standard InChI is InChI=1S/C12H9F2NO2/c13-9-5-8(7-16)12(15-6-9)17-11-4-2-1-3-10(11)14/h1-6,16H,7H2. The first kappa shape index (κ1) is 11.5. The summed E-state index contributed by atoms with van der Waals surface area (Å²) in [7, 11) is 0. The van der Waals surface area contributed by atoms with Gasteiger partial charge in [-0.25, -0.2) is 13.8 Å². The molecule has 0 spiro atoms. The Balaban J connectivity index is 2.33. The number of rotatable bonds is 3. The molecule has 1 heterocycles. The Morgan fingerprint density at radius 3 is 2.71 bits per heavy atom. The molecule has 0 aliphatic heterocycles. The topological polar surface area (TPSA) is 42.4 Å². The van der Waals surface area contributed by atoms with Crippen molar-refractivity contribution in [3.63, 3.8) is 0 Å². The molecule has 0 aliphatic carbocycles. The normalized spacial score (nSPS) is 10.3. The van der Waals surface area contributed by atoms with Gasteiger partial charge in [0.2, 0.25) is 5.88 Å². The van der Waals surface area contributed by atoms with Crippen LogP contribution in [0.25, 0.3) is 0 Å². The van der Waals surface area contributed by atoms with Crippen LogP contribution in [0.3, 0.4) is 0 Å². The second kappa shape index (κ2) is 4.88. The van der Waals surface area contributed by atoms with Crippen molar-refractivity contribution >= 4 is 0 Å². The molecule has 0 atom stereocenters. The summed E-state index contributed by atoms with van der Waals surface area (Å²) >= 11 is 0. The third-order valence-electron chi connectivity index (χ3n) is 2.11. The first-order valence-corrected chi connectivity index (χ1v) is 4.88. The second-order valence-corrected chi connectivity index (χ2v) is 3.31. The molecule has 1 aromatic heterocycles. The van der Waals surface area contributed by atoms with Gasteiger partial charge in [-0.3, -0.25) is 0 Å². The lowest BCUT2D eigenvalue weighted by atomic mass is 10.3. The Labute approximate surface area is 96.3 Å². The predicted octanol–water partition coefficient (Wildman–Crippen LogP) is 2.64. The maximum atomic E-state index is 13.3. The van der Waals surface area contributed by atoms with Crippen molar-refractivity contribution in [3.05, 3.63) is 53.7 Å². The molecule has 0 fully saturated rings. The maximum absolute atomic E-state index is 13.3. The summed E-state index contributed by atoms with van der Waals surface area (Å²) in [5.74, 6) is -1.18. The Bertz CT molecular complexity index is 532. The number of nitrogens with zero attached hydrogens (tertiary/aromatic N) is 1. The zero-order valence-electron chi connectivity index (χ0n) is 8.73. The van der Waals surface area contributed by atoms with Gasteiger partial charge in [0.05, 0.1) is 12.8 Å². The number of aliphatic hydroxyl groups is 1. The van der Waals surface area contributed by atoms with E-state index in [1.807, 2.05) is 0 Å². The molecule has 1 aromatic carbocycles. The zero-order chi connectivity index (χ0) is 12.3. The number of halogens is 2. The first-order valence-electron chi connectivity index (χ1n) is 4.88. The van der Waals surface area contributed by atoms with Gasteiger partial charge in [-0.2, -0.15) is 0 Å². The number of aromatic nitrogens is 1. The highest BCUT2D eigenvalue weighted by Gasteiger charge is 2.10. The van der Waals surface area contributed by atoms with Crippen molar-refractivity contribution < 1.29 is 18.6 Å². The van der Waals surface area contributed by atoms with E-state index in [0.717, 1.165) is 12.3 Å². The molecule has 2 aromatic rings. The quantitative estimate of drug-likeness (QED) is 0.892. The number of ether oxygens (including phenoxy) is 1. The summed E-state index contributed by atoms with van der Waals surface area (Å²) < 4.78 is 31.3. The van der Waals surface area contributed by atoms with Crippen LogP contribution in [0.15, 0.2) is 36.5 Å². The van der Waals surface area contributed by atoms with Gasteiger partial charge in [-0.05, 0) is 18.2 Å². The number of pyridine rings is 1. The molecule has 0 saturated heterocycles. The Kier molecular flexibility index (Phi) is 3.30. The van der Waals surface area contributed by atoms with E-state index >= 15 is 0 Å². The van der Waals surface area contributed by atoms with E-state index in [2.05, 4.69) is 4.98 Å². The smallest absolute Gasteiger partial charge is 0.225 e. The van der Waals surface area contributed by atoms with E-state index < -0.39 is 18.2 Å². The molecule has 2 rings (SSSR count). The highest BCUT2D eigenvalue weighted by Crippen LogP contribution is 2.25. The molecule has 0 amide bonds. The summed E-state index contributed by atoms with van der Waals surface area (Å²) in [5, 5.41) is 9.01. The fourth-order valence-corrected chi connectivity index (χ4v) is 1.31. The van der Waals surface area contributed by atoms with Gasteiger partial charge in [0.25, 0.3) is 0 Å². The SMILES string of the molecule is OCc1cc(F)cnc1Oc1ccccc1F. The van der Waals surface area contributed by atoms with Gasteiger partial charge in [0.15, 0.2) is 11.6 Å². The molecule has 17 heavy (non-hydrogen) atoms. The lowest BCUT2D eigenvalue weighted by Crippen LogP contribution is -1.97. The van der Waals surface area contributed by atoms with Gasteiger partial charge in [0, 0.05) is 5.56 Å². The molecule has 0 aliphatic rings. The minimum absolute atomic E-state index is 0.0148. The molecular formula is C12H9F2NO2. The minimum Gasteiger partial charge on any atom is -0.436 e. The molecule has 0 saturated carbocycles. The van der Waals surface area contributed by atoms with Gasteiger partial charge >= 0.3 is 0 Å². The Morgan fingerprint density at radius 2 is 2.00 bits per heavy atom. The zero-order valence-corrected chi connectivity index (χ0v) is 8.73. The Hall–Kier alpha value is -2.01. The fraction of sp³-hybridized carbons (Fsp3) is 0.0833. The molecule has 1 N–H and O–H groups in total. The van der Waals surface area contributed by atoms with Crippen LogP contribution in [0.1, 0.15) is 5.56 Å². The minimum atomic E-state index is -0.588. The summed E-state index contributed by atoms with van der Waals surface area (Å²) in [6, 6.07) is 6.86. The van der Waals surface area contributed by atoms with E-state index in [1.54, 1.807) is 6.07 Å². The molecule has 3 nitrogen and oxygen atoms in total. The van der Waals surface area contributed by atoms with Crippen LogP contribution in [0, 0.1) is 11.6 Å². The fourth-order valence-electron chi connectivity index (χ4n) is 1.31. The molecule has 5 heteroatoms. The number of para-hydroxylation sites is 1. The van der Waals surface area contributed by atoms with Crippen molar-refractivity contribution in [1.82, 2.24) is 4.98 Å². The largest absolute Gasteiger partial charge is 0.436 e. The Morgan fingerprint density at radius 1 is 1.24 bits per heavy atom. The van der Waals surface area contributed by atoms with Crippen molar-refractivity contribution in [2.24, 2.45) is 0 Å². The van der Waals surface area contributed by atoms with Gasteiger partial charge in [-0.15, -0.1) is 0 Å². The molecule has 88 valence electrons. The first-order chi connectivity index (χ1) is 8.20. The van der Waals surface area contributed by atoms with Gasteiger partial charge in [-0.1, -0.05) is 12.1 Å². The van der Waals surface area contributed by atoms with Crippen molar-refractivity contribution in [3.8, 4) is 11.6 Å². The lowest BCUT2D eigenvalue weighted by Gasteiger charge is -2.08. The maximum Gasteiger partial charge on any atom is 0.225 e. The number of hydrogen-bond acceptors (Lipinski definition) is 3. The summed E-state index contributed by atoms with van der Waals surface area (Å²) in [4.78, 5) is 3.66. The number of benzene rings is 1. The highest BCUT2D eigenvalue weighted by atomic mass is 19.1. The lowest BCUT2D eigenvalue weighted by molar-refractivity contribution is 0.273. The van der Waals surface area contributed by atoms with Gasteiger partial charge < -0.3 is 9.84 Å². The number of aliphatic hydroxyl groups excluding tert-OH is 1. The van der Waals surface area contributed by atoms with E-state index in [1.165, 1.54) is 18.2 Å². The van der Waals surface area contributed by atoms with Crippen molar-refractivity contribution in [2.45, 2.75) is 6.61 Å². The van der Waals surface area contributed by atoms with E-state index in [4.69, 9.17) is 9.84 Å². The van der Waals surface area contributed by atoms with Gasteiger partial charge in [0.1, 0.15) is 5.82 Å². The molecule has 0 radical (unpaired) electrons. The highest BCUT2D eigenvalue weighted by molar-refractivity contribution is 5.32.